The van der Waals surface area contributed by atoms with Crippen molar-refractivity contribution < 1.29 is 9.53 Å². The normalized spacial score (nSPS) is 17.6. The van der Waals surface area contributed by atoms with E-state index in [0.717, 1.165) is 30.6 Å². The first-order valence-electron chi connectivity index (χ1n) is 8.46. The summed E-state index contributed by atoms with van der Waals surface area (Å²) in [7, 11) is 1.62. The van der Waals surface area contributed by atoms with Crippen molar-refractivity contribution in [2.75, 3.05) is 19.4 Å². The Bertz CT molecular complexity index is 748. The van der Waals surface area contributed by atoms with E-state index in [4.69, 9.17) is 4.74 Å². The third-order valence-electron chi connectivity index (χ3n) is 4.45. The average molecular weight is 361 g/mol. The van der Waals surface area contributed by atoms with Gasteiger partial charge in [-0.15, -0.1) is 5.10 Å². The first-order valence-corrected chi connectivity index (χ1v) is 9.44. The molecule has 1 aliphatic heterocycles. The van der Waals surface area contributed by atoms with Crippen LogP contribution in [0.4, 0.5) is 0 Å². The quantitative estimate of drug-likeness (QED) is 0.762. The Morgan fingerprint density at radius 1 is 1.40 bits per heavy atom. The number of carbonyl (C=O) groups excluding carboxylic acids is 1. The highest BCUT2D eigenvalue weighted by atomic mass is 32.2. The molecule has 2 aromatic rings. The minimum Gasteiger partial charge on any atom is -0.494 e. The monoisotopic (exact) mass is 361 g/mol. The van der Waals surface area contributed by atoms with Gasteiger partial charge in [0, 0.05) is 12.6 Å². The minimum absolute atomic E-state index is 0.142. The van der Waals surface area contributed by atoms with Gasteiger partial charge in [-0.2, -0.15) is 4.68 Å². The second-order valence-corrected chi connectivity index (χ2v) is 7.21. The van der Waals surface area contributed by atoms with Crippen molar-refractivity contribution in [2.24, 2.45) is 0 Å². The molecule has 1 fully saturated rings. The molecule has 0 N–H and O–H groups in total. The van der Waals surface area contributed by atoms with Gasteiger partial charge in [-0.3, -0.25) is 4.79 Å². The van der Waals surface area contributed by atoms with Crippen molar-refractivity contribution in [3.8, 4) is 11.4 Å². The van der Waals surface area contributed by atoms with Gasteiger partial charge in [0.1, 0.15) is 11.4 Å². The predicted molar refractivity (Wildman–Crippen MR) is 96.2 cm³/mol. The summed E-state index contributed by atoms with van der Waals surface area (Å²) in [4.78, 5) is 14.5. The minimum atomic E-state index is 0.142. The van der Waals surface area contributed by atoms with Gasteiger partial charge in [-0.1, -0.05) is 17.8 Å². The molecule has 134 valence electrons. The van der Waals surface area contributed by atoms with Crippen molar-refractivity contribution in [3.63, 3.8) is 0 Å². The number of methoxy groups -OCH3 is 1. The van der Waals surface area contributed by atoms with Gasteiger partial charge in [-0.25, -0.2) is 0 Å². The summed E-state index contributed by atoms with van der Waals surface area (Å²) in [5, 5.41) is 12.5. The van der Waals surface area contributed by atoms with Crippen LogP contribution in [0.15, 0.2) is 23.4 Å². The molecule has 1 saturated heterocycles. The molecular formula is C17H23N5O2S. The highest BCUT2D eigenvalue weighted by Gasteiger charge is 2.24. The van der Waals surface area contributed by atoms with Crippen LogP contribution in [0.5, 0.6) is 5.75 Å². The van der Waals surface area contributed by atoms with Gasteiger partial charge in [0.15, 0.2) is 0 Å². The lowest BCUT2D eigenvalue weighted by atomic mass is 10.0. The maximum atomic E-state index is 12.5. The number of likely N-dealkylation sites (tertiary alicyclic amines) is 1. The molecule has 1 atom stereocenters. The summed E-state index contributed by atoms with van der Waals surface area (Å²) in [6, 6.07) is 6.14. The lowest BCUT2D eigenvalue weighted by Gasteiger charge is -2.33. The zero-order valence-electron chi connectivity index (χ0n) is 14.8. The molecule has 1 aromatic heterocycles. The first-order chi connectivity index (χ1) is 12.1. The maximum absolute atomic E-state index is 12.5. The fraction of sp³-hybridized carbons (Fsp3) is 0.529. The van der Waals surface area contributed by atoms with Crippen LogP contribution in [0.3, 0.4) is 0 Å². The Morgan fingerprint density at radius 3 is 3.00 bits per heavy atom. The molecule has 0 saturated carbocycles. The number of piperidine rings is 1. The summed E-state index contributed by atoms with van der Waals surface area (Å²) < 4.78 is 7.04. The highest BCUT2D eigenvalue weighted by Crippen LogP contribution is 2.27. The highest BCUT2D eigenvalue weighted by molar-refractivity contribution is 7.99. The lowest BCUT2D eigenvalue weighted by molar-refractivity contribution is -0.131. The third-order valence-corrected chi connectivity index (χ3v) is 5.36. The van der Waals surface area contributed by atoms with Gasteiger partial charge in [0.2, 0.25) is 11.1 Å². The molecule has 0 spiro atoms. The van der Waals surface area contributed by atoms with Crippen LogP contribution in [-0.4, -0.2) is 56.5 Å². The number of thioether (sulfide) groups is 1. The van der Waals surface area contributed by atoms with E-state index >= 15 is 0 Å². The maximum Gasteiger partial charge on any atom is 0.233 e. The van der Waals surface area contributed by atoms with E-state index in [1.807, 2.05) is 30.0 Å². The van der Waals surface area contributed by atoms with Crippen molar-refractivity contribution in [1.29, 1.82) is 0 Å². The van der Waals surface area contributed by atoms with Crippen LogP contribution in [0, 0.1) is 6.92 Å². The van der Waals surface area contributed by atoms with E-state index < -0.39 is 0 Å². The Hall–Kier alpha value is -2.09. The summed E-state index contributed by atoms with van der Waals surface area (Å²) in [6.45, 7) is 4.96. The number of rotatable bonds is 5. The SMILES string of the molecule is COc1ccc(C)cc1-n1nnnc1SCC(=O)N1CCCC[C@H]1C. The summed E-state index contributed by atoms with van der Waals surface area (Å²) in [6.07, 6.45) is 3.36. The number of carbonyl (C=O) groups is 1. The van der Waals surface area contributed by atoms with Crippen LogP contribution >= 0.6 is 11.8 Å². The number of nitrogens with zero attached hydrogens (tertiary/aromatic N) is 5. The smallest absolute Gasteiger partial charge is 0.233 e. The number of hydrogen-bond donors (Lipinski definition) is 0. The van der Waals surface area contributed by atoms with E-state index in [9.17, 15) is 4.79 Å². The Morgan fingerprint density at radius 2 is 2.24 bits per heavy atom. The number of tetrazole rings is 1. The van der Waals surface area contributed by atoms with Crippen LogP contribution in [0.1, 0.15) is 31.7 Å². The zero-order valence-corrected chi connectivity index (χ0v) is 15.6. The number of hydrogen-bond acceptors (Lipinski definition) is 6. The van der Waals surface area contributed by atoms with Crippen molar-refractivity contribution in [2.45, 2.75) is 44.3 Å². The molecule has 2 heterocycles. The van der Waals surface area contributed by atoms with Gasteiger partial charge < -0.3 is 9.64 Å². The molecule has 8 heteroatoms. The molecule has 0 unspecified atom stereocenters. The number of ether oxygens (including phenoxy) is 1. The van der Waals surface area contributed by atoms with E-state index in [1.54, 1.807) is 11.8 Å². The summed E-state index contributed by atoms with van der Waals surface area (Å²) in [5.41, 5.74) is 1.86. The van der Waals surface area contributed by atoms with Gasteiger partial charge in [-0.05, 0) is 61.2 Å². The van der Waals surface area contributed by atoms with Crippen molar-refractivity contribution in [1.82, 2.24) is 25.1 Å². The molecule has 0 aliphatic carbocycles. The van der Waals surface area contributed by atoms with E-state index in [-0.39, 0.29) is 5.91 Å². The topological polar surface area (TPSA) is 73.1 Å². The molecule has 7 nitrogen and oxygen atoms in total. The zero-order chi connectivity index (χ0) is 17.8. The standard InChI is InChI=1S/C17H23N5O2S/c1-12-7-8-15(24-3)14(10-12)22-17(18-19-20-22)25-11-16(23)21-9-5-4-6-13(21)2/h7-8,10,13H,4-6,9,11H2,1-3H3/t13-/m1/s1. The molecular weight excluding hydrogens is 338 g/mol. The van der Waals surface area contributed by atoms with E-state index in [0.29, 0.717) is 22.7 Å². The second-order valence-electron chi connectivity index (χ2n) is 6.27. The third kappa shape index (κ3) is 3.95. The number of amides is 1. The fourth-order valence-electron chi connectivity index (χ4n) is 3.06. The van der Waals surface area contributed by atoms with Crippen molar-refractivity contribution >= 4 is 17.7 Å². The van der Waals surface area contributed by atoms with E-state index in [1.165, 1.54) is 18.2 Å². The van der Waals surface area contributed by atoms with Crippen LogP contribution in [-0.2, 0) is 4.79 Å². The van der Waals surface area contributed by atoms with Gasteiger partial charge in [0.05, 0.1) is 12.9 Å². The van der Waals surface area contributed by atoms with Crippen LogP contribution < -0.4 is 4.74 Å². The molecule has 1 aliphatic rings. The molecule has 3 rings (SSSR count). The average Bonchev–Trinajstić information content (AvgIpc) is 3.08. The lowest BCUT2D eigenvalue weighted by Crippen LogP contribution is -2.42. The molecule has 0 radical (unpaired) electrons. The largest absolute Gasteiger partial charge is 0.494 e. The predicted octanol–water partition coefficient (Wildman–Crippen LogP) is 2.47. The van der Waals surface area contributed by atoms with Gasteiger partial charge >= 0.3 is 0 Å². The summed E-state index contributed by atoms with van der Waals surface area (Å²) in [5.74, 6) is 1.16. The number of benzene rings is 1. The number of aryl methyl sites for hydroxylation is 1. The van der Waals surface area contributed by atoms with Crippen molar-refractivity contribution in [3.05, 3.63) is 23.8 Å². The Kier molecular flexibility index (Phi) is 5.57. The van der Waals surface area contributed by atoms with Crippen LogP contribution in [0.2, 0.25) is 0 Å². The second kappa shape index (κ2) is 7.86. The molecule has 0 bridgehead atoms. The number of aromatic nitrogens is 4. The first kappa shape index (κ1) is 17.7. The fourth-order valence-corrected chi connectivity index (χ4v) is 3.83. The molecule has 1 amide bonds. The molecule has 25 heavy (non-hydrogen) atoms. The van der Waals surface area contributed by atoms with Gasteiger partial charge in [0.25, 0.3) is 0 Å². The van der Waals surface area contributed by atoms with Crippen LogP contribution in [0.25, 0.3) is 5.69 Å². The van der Waals surface area contributed by atoms with E-state index in [2.05, 4.69) is 22.4 Å². The Balaban J connectivity index is 1.74. The Labute approximate surface area is 151 Å². The summed E-state index contributed by atoms with van der Waals surface area (Å²) >= 11 is 1.36. The molecule has 1 aromatic carbocycles.